The Labute approximate surface area is 152 Å². The molecule has 1 aromatic heterocycles. The third-order valence-electron chi connectivity index (χ3n) is 4.95. The molecule has 1 aliphatic rings. The van der Waals surface area contributed by atoms with Gasteiger partial charge in [0.1, 0.15) is 11.6 Å². The monoisotopic (exact) mass is 350 g/mol. The highest BCUT2D eigenvalue weighted by atomic mass is 16.5. The highest BCUT2D eigenvalue weighted by Gasteiger charge is 2.33. The molecule has 0 aliphatic carbocycles. The molecule has 134 valence electrons. The normalized spacial score (nSPS) is 18.5. The number of carbonyl (C=O) groups excluding carboxylic acids is 1. The van der Waals surface area contributed by atoms with Crippen LogP contribution in [0.15, 0.2) is 48.5 Å². The third kappa shape index (κ3) is 2.93. The van der Waals surface area contributed by atoms with E-state index in [0.29, 0.717) is 13.1 Å². The lowest BCUT2D eigenvalue weighted by Crippen LogP contribution is -2.55. The number of aromatic nitrogens is 2. The summed E-state index contributed by atoms with van der Waals surface area (Å²) in [5.41, 5.74) is 2.80. The molecule has 1 saturated heterocycles. The summed E-state index contributed by atoms with van der Waals surface area (Å²) in [5.74, 6) is 1.69. The van der Waals surface area contributed by atoms with Gasteiger partial charge in [0.15, 0.2) is 0 Å². The first kappa shape index (κ1) is 16.6. The van der Waals surface area contributed by atoms with Gasteiger partial charge in [-0.2, -0.15) is 0 Å². The van der Waals surface area contributed by atoms with Crippen molar-refractivity contribution in [2.45, 2.75) is 19.5 Å². The zero-order valence-electron chi connectivity index (χ0n) is 15.0. The van der Waals surface area contributed by atoms with Gasteiger partial charge in [-0.05, 0) is 31.2 Å². The van der Waals surface area contributed by atoms with E-state index in [0.717, 1.165) is 34.8 Å². The number of piperazine rings is 1. The predicted molar refractivity (Wildman–Crippen MR) is 101 cm³/mol. The average molecular weight is 350 g/mol. The molecule has 0 spiro atoms. The molecular formula is C20H22N4O2. The number of para-hydroxylation sites is 4. The number of amides is 1. The van der Waals surface area contributed by atoms with Crippen LogP contribution in [0.3, 0.4) is 0 Å². The van der Waals surface area contributed by atoms with Gasteiger partial charge >= 0.3 is 0 Å². The number of methoxy groups -OCH3 is 1. The first-order valence-corrected chi connectivity index (χ1v) is 8.79. The molecule has 2 heterocycles. The largest absolute Gasteiger partial charge is 0.495 e. The van der Waals surface area contributed by atoms with Crippen molar-refractivity contribution in [2.24, 2.45) is 0 Å². The van der Waals surface area contributed by atoms with Crippen LogP contribution in [0.2, 0.25) is 0 Å². The summed E-state index contributed by atoms with van der Waals surface area (Å²) in [6.07, 6.45) is 0. The van der Waals surface area contributed by atoms with Crippen LogP contribution < -0.4 is 9.64 Å². The van der Waals surface area contributed by atoms with E-state index in [-0.39, 0.29) is 11.9 Å². The summed E-state index contributed by atoms with van der Waals surface area (Å²) in [6, 6.07) is 15.4. The fourth-order valence-electron chi connectivity index (χ4n) is 3.49. The quantitative estimate of drug-likeness (QED) is 0.786. The van der Waals surface area contributed by atoms with Gasteiger partial charge < -0.3 is 14.6 Å². The standard InChI is InChI=1S/C20H22N4O2/c1-14-20(25)24(17-9-5-6-10-18(17)26-2)12-11-23(14)13-19-21-15-7-3-4-8-16(15)22-19/h3-10,14H,11-13H2,1-2H3,(H,21,22)/t14-/m1/s1. The number of nitrogens with zero attached hydrogens (tertiary/aromatic N) is 3. The lowest BCUT2D eigenvalue weighted by molar-refractivity contribution is -0.125. The molecule has 3 aromatic rings. The van der Waals surface area contributed by atoms with E-state index in [1.54, 1.807) is 7.11 Å². The average Bonchev–Trinajstić information content (AvgIpc) is 3.08. The van der Waals surface area contributed by atoms with Gasteiger partial charge in [-0.3, -0.25) is 9.69 Å². The number of benzene rings is 2. The topological polar surface area (TPSA) is 61.5 Å². The minimum Gasteiger partial charge on any atom is -0.495 e. The van der Waals surface area contributed by atoms with Gasteiger partial charge in [-0.1, -0.05) is 24.3 Å². The number of ether oxygens (including phenoxy) is 1. The number of nitrogens with one attached hydrogen (secondary N) is 1. The first-order valence-electron chi connectivity index (χ1n) is 8.79. The SMILES string of the molecule is COc1ccccc1N1CCN(Cc2nc3ccccc3[nH]2)[C@H](C)C1=O. The molecule has 1 amide bonds. The fourth-order valence-corrected chi connectivity index (χ4v) is 3.49. The van der Waals surface area contributed by atoms with E-state index in [4.69, 9.17) is 4.74 Å². The number of anilines is 1. The van der Waals surface area contributed by atoms with Gasteiger partial charge in [-0.25, -0.2) is 4.98 Å². The van der Waals surface area contributed by atoms with Gasteiger partial charge in [-0.15, -0.1) is 0 Å². The van der Waals surface area contributed by atoms with E-state index in [1.165, 1.54) is 0 Å². The number of H-pyrrole nitrogens is 1. The predicted octanol–water partition coefficient (Wildman–Crippen LogP) is 2.81. The molecule has 1 aliphatic heterocycles. The summed E-state index contributed by atoms with van der Waals surface area (Å²) in [4.78, 5) is 24.9. The Bertz CT molecular complexity index is 903. The number of fused-ring (bicyclic) bond motifs is 1. The minimum absolute atomic E-state index is 0.0804. The Hall–Kier alpha value is -2.86. The van der Waals surface area contributed by atoms with Crippen molar-refractivity contribution in [2.75, 3.05) is 25.1 Å². The van der Waals surface area contributed by atoms with Crippen LogP contribution >= 0.6 is 0 Å². The van der Waals surface area contributed by atoms with Gasteiger partial charge in [0.05, 0.1) is 36.4 Å². The molecule has 26 heavy (non-hydrogen) atoms. The van der Waals surface area contributed by atoms with E-state index in [1.807, 2.05) is 60.4 Å². The second-order valence-electron chi connectivity index (χ2n) is 6.51. The Morgan fingerprint density at radius 2 is 1.92 bits per heavy atom. The van der Waals surface area contributed by atoms with Gasteiger partial charge in [0.2, 0.25) is 5.91 Å². The maximum absolute atomic E-state index is 13.0. The highest BCUT2D eigenvalue weighted by Crippen LogP contribution is 2.30. The van der Waals surface area contributed by atoms with Crippen LogP contribution in [0.1, 0.15) is 12.7 Å². The van der Waals surface area contributed by atoms with Crippen LogP contribution in [0.25, 0.3) is 11.0 Å². The number of aromatic amines is 1. The molecule has 4 rings (SSSR count). The van der Waals surface area contributed by atoms with Crippen molar-refractivity contribution in [3.63, 3.8) is 0 Å². The second-order valence-corrected chi connectivity index (χ2v) is 6.51. The molecule has 0 radical (unpaired) electrons. The zero-order valence-corrected chi connectivity index (χ0v) is 15.0. The summed E-state index contributed by atoms with van der Waals surface area (Å²) in [6.45, 7) is 3.99. The Morgan fingerprint density at radius 3 is 2.73 bits per heavy atom. The maximum Gasteiger partial charge on any atom is 0.244 e. The zero-order chi connectivity index (χ0) is 18.1. The van der Waals surface area contributed by atoms with Crippen molar-refractivity contribution in [1.29, 1.82) is 0 Å². The van der Waals surface area contributed by atoms with E-state index >= 15 is 0 Å². The van der Waals surface area contributed by atoms with Crippen molar-refractivity contribution < 1.29 is 9.53 Å². The summed E-state index contributed by atoms with van der Waals surface area (Å²) < 4.78 is 5.42. The lowest BCUT2D eigenvalue weighted by Gasteiger charge is -2.39. The molecule has 1 fully saturated rings. The Morgan fingerprint density at radius 1 is 1.15 bits per heavy atom. The molecule has 6 heteroatoms. The highest BCUT2D eigenvalue weighted by molar-refractivity contribution is 5.99. The molecule has 0 saturated carbocycles. The minimum atomic E-state index is -0.220. The van der Waals surface area contributed by atoms with E-state index in [9.17, 15) is 4.79 Å². The first-order chi connectivity index (χ1) is 12.7. The number of rotatable bonds is 4. The van der Waals surface area contributed by atoms with Crippen LogP contribution in [-0.2, 0) is 11.3 Å². The summed E-state index contributed by atoms with van der Waals surface area (Å²) in [5, 5.41) is 0. The van der Waals surface area contributed by atoms with Crippen LogP contribution in [0.4, 0.5) is 5.69 Å². The van der Waals surface area contributed by atoms with Crippen molar-refractivity contribution >= 4 is 22.6 Å². The van der Waals surface area contributed by atoms with E-state index in [2.05, 4.69) is 14.9 Å². The lowest BCUT2D eigenvalue weighted by atomic mass is 10.1. The number of hydrogen-bond acceptors (Lipinski definition) is 4. The van der Waals surface area contributed by atoms with Crippen LogP contribution in [0.5, 0.6) is 5.75 Å². The number of hydrogen-bond donors (Lipinski definition) is 1. The fraction of sp³-hybridized carbons (Fsp3) is 0.300. The number of imidazole rings is 1. The molecule has 1 atom stereocenters. The molecule has 2 aromatic carbocycles. The molecule has 1 N–H and O–H groups in total. The Kier molecular flexibility index (Phi) is 4.34. The molecular weight excluding hydrogens is 328 g/mol. The Balaban J connectivity index is 1.52. The van der Waals surface area contributed by atoms with Crippen LogP contribution in [0, 0.1) is 0 Å². The van der Waals surface area contributed by atoms with Gasteiger partial charge in [0, 0.05) is 13.1 Å². The molecule has 6 nitrogen and oxygen atoms in total. The second kappa shape index (κ2) is 6.80. The summed E-state index contributed by atoms with van der Waals surface area (Å²) in [7, 11) is 1.63. The van der Waals surface area contributed by atoms with Crippen molar-refractivity contribution in [3.8, 4) is 5.75 Å². The van der Waals surface area contributed by atoms with Gasteiger partial charge in [0.25, 0.3) is 0 Å². The maximum atomic E-state index is 13.0. The summed E-state index contributed by atoms with van der Waals surface area (Å²) >= 11 is 0. The molecule has 0 unspecified atom stereocenters. The molecule has 0 bridgehead atoms. The smallest absolute Gasteiger partial charge is 0.244 e. The van der Waals surface area contributed by atoms with E-state index < -0.39 is 0 Å². The number of carbonyl (C=O) groups is 1. The van der Waals surface area contributed by atoms with Crippen LogP contribution in [-0.4, -0.2) is 47.0 Å². The third-order valence-corrected chi connectivity index (χ3v) is 4.95. The van der Waals surface area contributed by atoms with Crippen molar-refractivity contribution in [3.05, 3.63) is 54.4 Å². The van der Waals surface area contributed by atoms with Crippen molar-refractivity contribution in [1.82, 2.24) is 14.9 Å².